The van der Waals surface area contributed by atoms with Gasteiger partial charge in [-0.15, -0.1) is 0 Å². The average Bonchev–Trinajstić information content (AvgIpc) is 2.79. The molecule has 0 bridgehead atoms. The monoisotopic (exact) mass is 402 g/mol. The van der Waals surface area contributed by atoms with E-state index in [2.05, 4.69) is 0 Å². The molecule has 0 N–H and O–H groups in total. The first-order chi connectivity index (χ1) is 12.8. The Bertz CT molecular complexity index is 702. The minimum absolute atomic E-state index is 0.0372. The van der Waals surface area contributed by atoms with Crippen LogP contribution in [0.4, 0.5) is 13.2 Å². The molecule has 1 aliphatic heterocycles. The quantitative estimate of drug-likeness (QED) is 0.522. The number of methoxy groups -OCH3 is 1. The van der Waals surface area contributed by atoms with Crippen molar-refractivity contribution in [1.29, 1.82) is 0 Å². The van der Waals surface area contributed by atoms with Crippen LogP contribution >= 0.6 is 0 Å². The molecule has 28 heavy (non-hydrogen) atoms. The molecule has 1 aliphatic rings. The standard InChI is InChI=1S/C19H26BF3O5/c1-7-26-16(24)11-15(20-27-17(2,3)18(4,5)28-20)12-8-13(19(21,22)23)10-14(9-12)25-6/h8-10,15H,7,11H2,1-6H3. The highest BCUT2D eigenvalue weighted by Crippen LogP contribution is 2.43. The van der Waals surface area contributed by atoms with Crippen molar-refractivity contribution in [3.63, 3.8) is 0 Å². The molecule has 1 unspecified atom stereocenters. The molecule has 1 saturated heterocycles. The van der Waals surface area contributed by atoms with E-state index in [1.807, 2.05) is 27.7 Å². The molecule has 1 aromatic carbocycles. The fourth-order valence-electron chi connectivity index (χ4n) is 2.94. The lowest BCUT2D eigenvalue weighted by Crippen LogP contribution is -2.41. The maximum absolute atomic E-state index is 13.3. The molecule has 0 radical (unpaired) electrons. The number of ether oxygens (including phenoxy) is 2. The fraction of sp³-hybridized carbons (Fsp3) is 0.632. The van der Waals surface area contributed by atoms with Crippen LogP contribution in [0.15, 0.2) is 18.2 Å². The lowest BCUT2D eigenvalue weighted by Gasteiger charge is -2.32. The van der Waals surface area contributed by atoms with Gasteiger partial charge in [0, 0.05) is 5.82 Å². The van der Waals surface area contributed by atoms with Gasteiger partial charge in [-0.1, -0.05) is 0 Å². The van der Waals surface area contributed by atoms with E-state index in [0.29, 0.717) is 0 Å². The molecule has 0 saturated carbocycles. The number of halogens is 3. The molecule has 156 valence electrons. The van der Waals surface area contributed by atoms with Crippen LogP contribution in [0.1, 0.15) is 58.0 Å². The summed E-state index contributed by atoms with van der Waals surface area (Å²) < 4.78 is 62.1. The zero-order valence-electron chi connectivity index (χ0n) is 17.0. The van der Waals surface area contributed by atoms with E-state index in [-0.39, 0.29) is 24.3 Å². The van der Waals surface area contributed by atoms with Gasteiger partial charge in [-0.25, -0.2) is 0 Å². The summed E-state index contributed by atoms with van der Waals surface area (Å²) in [5.74, 6) is -1.30. The van der Waals surface area contributed by atoms with Gasteiger partial charge >= 0.3 is 19.3 Å². The Labute approximate surface area is 163 Å². The summed E-state index contributed by atoms with van der Waals surface area (Å²) in [6.07, 6.45) is -4.75. The lowest BCUT2D eigenvalue weighted by molar-refractivity contribution is -0.143. The molecular weight excluding hydrogens is 376 g/mol. The van der Waals surface area contributed by atoms with Crippen LogP contribution in [0.3, 0.4) is 0 Å². The van der Waals surface area contributed by atoms with Crippen molar-refractivity contribution < 1.29 is 36.7 Å². The second kappa shape index (κ2) is 7.95. The summed E-state index contributed by atoms with van der Waals surface area (Å²) in [5.41, 5.74) is -2.03. The first kappa shape index (κ1) is 22.6. The predicted molar refractivity (Wildman–Crippen MR) is 98.1 cm³/mol. The molecule has 1 fully saturated rings. The number of carbonyl (C=O) groups excluding carboxylic acids is 1. The van der Waals surface area contributed by atoms with Crippen LogP contribution in [-0.2, 0) is 25.0 Å². The van der Waals surface area contributed by atoms with Gasteiger partial charge < -0.3 is 18.8 Å². The normalized spacial score (nSPS) is 19.4. The number of rotatable bonds is 6. The molecule has 0 aromatic heterocycles. The van der Waals surface area contributed by atoms with E-state index in [4.69, 9.17) is 18.8 Å². The minimum atomic E-state index is -4.56. The zero-order chi connectivity index (χ0) is 21.3. The summed E-state index contributed by atoms with van der Waals surface area (Å²) in [6.45, 7) is 9.17. The van der Waals surface area contributed by atoms with E-state index in [0.717, 1.165) is 12.1 Å². The van der Waals surface area contributed by atoms with Gasteiger partial charge in [-0.3, -0.25) is 4.79 Å². The molecular formula is C19H26BF3O5. The van der Waals surface area contributed by atoms with Gasteiger partial charge in [-0.2, -0.15) is 13.2 Å². The van der Waals surface area contributed by atoms with Crippen molar-refractivity contribution in [3.8, 4) is 5.75 Å². The van der Waals surface area contributed by atoms with Gasteiger partial charge in [0.15, 0.2) is 0 Å². The summed E-state index contributed by atoms with van der Waals surface area (Å²) in [5, 5.41) is 0. The van der Waals surface area contributed by atoms with Crippen LogP contribution in [0.25, 0.3) is 0 Å². The van der Waals surface area contributed by atoms with Crippen LogP contribution in [0, 0.1) is 0 Å². The summed E-state index contributed by atoms with van der Waals surface area (Å²) in [4.78, 5) is 12.2. The first-order valence-electron chi connectivity index (χ1n) is 9.08. The first-order valence-corrected chi connectivity index (χ1v) is 9.08. The van der Waals surface area contributed by atoms with Crippen LogP contribution < -0.4 is 4.74 Å². The Morgan fingerprint density at radius 3 is 2.18 bits per heavy atom. The summed E-state index contributed by atoms with van der Waals surface area (Å²) >= 11 is 0. The maximum Gasteiger partial charge on any atom is 0.466 e. The zero-order valence-corrected chi connectivity index (χ0v) is 17.0. The highest BCUT2D eigenvalue weighted by atomic mass is 19.4. The Balaban J connectivity index is 2.49. The van der Waals surface area contributed by atoms with Crippen LogP contribution in [-0.4, -0.2) is 38.0 Å². The molecule has 2 rings (SSSR count). The Morgan fingerprint density at radius 2 is 1.71 bits per heavy atom. The van der Waals surface area contributed by atoms with Crippen molar-refractivity contribution >= 4 is 13.1 Å². The van der Waals surface area contributed by atoms with E-state index in [1.165, 1.54) is 13.2 Å². The van der Waals surface area contributed by atoms with Gasteiger partial charge in [0.05, 0.1) is 36.9 Å². The largest absolute Gasteiger partial charge is 0.497 e. The maximum atomic E-state index is 13.3. The van der Waals surface area contributed by atoms with E-state index >= 15 is 0 Å². The Hall–Kier alpha value is -1.74. The molecule has 5 nitrogen and oxygen atoms in total. The number of hydrogen-bond acceptors (Lipinski definition) is 5. The van der Waals surface area contributed by atoms with Gasteiger partial charge in [0.2, 0.25) is 0 Å². The smallest absolute Gasteiger partial charge is 0.466 e. The summed E-state index contributed by atoms with van der Waals surface area (Å²) in [6, 6.07) is 3.37. The van der Waals surface area contributed by atoms with Gasteiger partial charge in [-0.05, 0) is 58.4 Å². The lowest BCUT2D eigenvalue weighted by atomic mass is 9.66. The fourth-order valence-corrected chi connectivity index (χ4v) is 2.94. The van der Waals surface area contributed by atoms with Crippen molar-refractivity contribution in [2.24, 2.45) is 0 Å². The molecule has 0 aliphatic carbocycles. The van der Waals surface area contributed by atoms with Crippen molar-refractivity contribution in [2.45, 2.75) is 64.2 Å². The Morgan fingerprint density at radius 1 is 1.14 bits per heavy atom. The third-order valence-electron chi connectivity index (χ3n) is 5.21. The molecule has 1 aromatic rings. The van der Waals surface area contributed by atoms with Crippen LogP contribution in [0.5, 0.6) is 5.75 Å². The highest BCUT2D eigenvalue weighted by molar-refractivity contribution is 6.48. The Kier molecular flexibility index (Phi) is 6.40. The molecule has 1 heterocycles. The third-order valence-corrected chi connectivity index (χ3v) is 5.21. The minimum Gasteiger partial charge on any atom is -0.497 e. The van der Waals surface area contributed by atoms with Gasteiger partial charge in [0.1, 0.15) is 5.75 Å². The van der Waals surface area contributed by atoms with Crippen molar-refractivity contribution in [3.05, 3.63) is 29.3 Å². The summed E-state index contributed by atoms with van der Waals surface area (Å²) in [7, 11) is 0.372. The van der Waals surface area contributed by atoms with Crippen LogP contribution in [0.2, 0.25) is 0 Å². The van der Waals surface area contributed by atoms with Gasteiger partial charge in [0.25, 0.3) is 0 Å². The molecule has 1 atom stereocenters. The third kappa shape index (κ3) is 4.81. The van der Waals surface area contributed by atoms with E-state index < -0.39 is 41.8 Å². The van der Waals surface area contributed by atoms with Crippen molar-refractivity contribution in [2.75, 3.05) is 13.7 Å². The predicted octanol–water partition coefficient (Wildman–Crippen LogP) is 4.38. The number of alkyl halides is 3. The molecule has 0 amide bonds. The SMILES string of the molecule is CCOC(=O)CC(B1OC(C)(C)C(C)(C)O1)c1cc(OC)cc(C(F)(F)F)c1. The number of esters is 1. The molecule has 9 heteroatoms. The number of benzene rings is 1. The second-order valence-corrected chi connectivity index (χ2v) is 7.73. The van der Waals surface area contributed by atoms with Crippen molar-refractivity contribution in [1.82, 2.24) is 0 Å². The average molecular weight is 402 g/mol. The van der Waals surface area contributed by atoms with E-state index in [1.54, 1.807) is 6.92 Å². The number of carbonyl (C=O) groups is 1. The van der Waals surface area contributed by atoms with E-state index in [9.17, 15) is 18.0 Å². The topological polar surface area (TPSA) is 54.0 Å². The molecule has 0 spiro atoms. The number of hydrogen-bond donors (Lipinski definition) is 0. The highest BCUT2D eigenvalue weighted by Gasteiger charge is 2.54. The second-order valence-electron chi connectivity index (χ2n) is 7.73.